The number of nitrogens with one attached hydrogen (secondary N) is 1. The molecule has 2 rings (SSSR count). The van der Waals surface area contributed by atoms with Gasteiger partial charge in [-0.15, -0.1) is 0 Å². The van der Waals surface area contributed by atoms with E-state index in [2.05, 4.69) is 5.32 Å². The van der Waals surface area contributed by atoms with Crippen molar-refractivity contribution in [3.63, 3.8) is 0 Å². The van der Waals surface area contributed by atoms with Gasteiger partial charge in [0.05, 0.1) is 6.61 Å². The minimum Gasteiger partial charge on any atom is -0.494 e. The molecule has 0 unspecified atom stereocenters. The van der Waals surface area contributed by atoms with Crippen molar-refractivity contribution in [3.05, 3.63) is 64.4 Å². The Hall–Kier alpha value is -2.84. The molecular weight excluding hydrogens is 331 g/mol. The monoisotopic (exact) mass is 344 g/mol. The fourth-order valence-corrected chi connectivity index (χ4v) is 2.20. The highest BCUT2D eigenvalue weighted by Crippen LogP contribution is 2.23. The quantitative estimate of drug-likeness (QED) is 0.645. The molecule has 6 heteroatoms. The number of carbonyl (C=O) groups is 1. The zero-order valence-corrected chi connectivity index (χ0v) is 13.6. The summed E-state index contributed by atoms with van der Waals surface area (Å²) >= 11 is 6.01. The number of hydrogen-bond donors (Lipinski definition) is 1. The van der Waals surface area contributed by atoms with Gasteiger partial charge in [0.15, 0.2) is 0 Å². The number of hydrogen-bond acceptors (Lipinski definition) is 3. The summed E-state index contributed by atoms with van der Waals surface area (Å²) in [7, 11) is 0. The first-order chi connectivity index (χ1) is 11.5. The van der Waals surface area contributed by atoms with E-state index in [4.69, 9.17) is 16.3 Å². The van der Waals surface area contributed by atoms with Gasteiger partial charge in [0.25, 0.3) is 5.91 Å². The van der Waals surface area contributed by atoms with E-state index < -0.39 is 11.7 Å². The number of nitriles is 1. The number of amides is 1. The summed E-state index contributed by atoms with van der Waals surface area (Å²) in [4.78, 5) is 12.2. The molecule has 1 amide bonds. The molecule has 122 valence electrons. The standard InChI is InChI=1S/C18H14ClFN2O2/c1-2-24-17-9-12(8-14(19)10-17)7-13(11-21)18(23)22-16-5-3-15(20)4-6-16/h3-10H,2H2,1H3,(H,22,23)/b13-7+. The van der Waals surface area contributed by atoms with Crippen molar-refractivity contribution in [2.75, 3.05) is 11.9 Å². The normalized spacial score (nSPS) is 10.8. The molecule has 0 bridgehead atoms. The maximum absolute atomic E-state index is 12.9. The molecular formula is C18H14ClFN2O2. The second kappa shape index (κ2) is 8.14. The summed E-state index contributed by atoms with van der Waals surface area (Å²) in [6, 6.07) is 12.0. The van der Waals surface area contributed by atoms with Crippen molar-refractivity contribution >= 4 is 29.3 Å². The topological polar surface area (TPSA) is 62.1 Å². The number of ether oxygens (including phenoxy) is 1. The zero-order valence-electron chi connectivity index (χ0n) is 12.8. The third kappa shape index (κ3) is 4.83. The van der Waals surface area contributed by atoms with Crippen LogP contribution in [0.1, 0.15) is 12.5 Å². The van der Waals surface area contributed by atoms with E-state index in [9.17, 15) is 14.4 Å². The highest BCUT2D eigenvalue weighted by Gasteiger charge is 2.10. The van der Waals surface area contributed by atoms with E-state index in [1.165, 1.54) is 30.3 Å². The summed E-state index contributed by atoms with van der Waals surface area (Å²) in [5.74, 6) is -0.457. The largest absolute Gasteiger partial charge is 0.494 e. The van der Waals surface area contributed by atoms with Crippen LogP contribution in [0.2, 0.25) is 5.02 Å². The Morgan fingerprint density at radius 2 is 2.04 bits per heavy atom. The second-order valence-corrected chi connectivity index (χ2v) is 5.22. The molecule has 24 heavy (non-hydrogen) atoms. The van der Waals surface area contributed by atoms with Gasteiger partial charge in [0, 0.05) is 10.7 Å². The van der Waals surface area contributed by atoms with Crippen LogP contribution in [-0.2, 0) is 4.79 Å². The molecule has 0 spiro atoms. The number of rotatable bonds is 5. The Labute approximate surface area is 144 Å². The first-order valence-corrected chi connectivity index (χ1v) is 7.51. The average Bonchev–Trinajstić information content (AvgIpc) is 2.54. The molecule has 0 atom stereocenters. The van der Waals surface area contributed by atoms with E-state index in [0.717, 1.165) is 0 Å². The Balaban J connectivity index is 2.23. The predicted molar refractivity (Wildman–Crippen MR) is 91.2 cm³/mol. The molecule has 2 aromatic carbocycles. The van der Waals surface area contributed by atoms with E-state index in [1.54, 1.807) is 18.2 Å². The van der Waals surface area contributed by atoms with E-state index >= 15 is 0 Å². The number of benzene rings is 2. The second-order valence-electron chi connectivity index (χ2n) is 4.78. The van der Waals surface area contributed by atoms with Crippen molar-refractivity contribution in [2.45, 2.75) is 6.92 Å². The van der Waals surface area contributed by atoms with Crippen LogP contribution >= 0.6 is 11.6 Å². The van der Waals surface area contributed by atoms with Crippen molar-refractivity contribution < 1.29 is 13.9 Å². The third-order valence-corrected chi connectivity index (χ3v) is 3.20. The van der Waals surface area contributed by atoms with Crippen LogP contribution in [-0.4, -0.2) is 12.5 Å². The zero-order chi connectivity index (χ0) is 17.5. The van der Waals surface area contributed by atoms with Gasteiger partial charge in [0.2, 0.25) is 0 Å². The summed E-state index contributed by atoms with van der Waals surface area (Å²) < 4.78 is 18.3. The van der Waals surface area contributed by atoms with Crippen molar-refractivity contribution in [2.24, 2.45) is 0 Å². The van der Waals surface area contributed by atoms with Gasteiger partial charge in [-0.25, -0.2) is 4.39 Å². The highest BCUT2D eigenvalue weighted by molar-refractivity contribution is 6.30. The maximum Gasteiger partial charge on any atom is 0.266 e. The molecule has 4 nitrogen and oxygen atoms in total. The molecule has 1 N–H and O–H groups in total. The molecule has 0 fully saturated rings. The number of anilines is 1. The van der Waals surface area contributed by atoms with Crippen LogP contribution in [0.3, 0.4) is 0 Å². The molecule has 0 heterocycles. The van der Waals surface area contributed by atoms with Gasteiger partial charge in [-0.05, 0) is 61.0 Å². The Kier molecular flexibility index (Phi) is 5.94. The lowest BCUT2D eigenvalue weighted by Crippen LogP contribution is -2.13. The average molecular weight is 345 g/mol. The highest BCUT2D eigenvalue weighted by atomic mass is 35.5. The Morgan fingerprint density at radius 1 is 1.33 bits per heavy atom. The fraction of sp³-hybridized carbons (Fsp3) is 0.111. The minimum atomic E-state index is -0.595. The van der Waals surface area contributed by atoms with Crippen molar-refractivity contribution in [3.8, 4) is 11.8 Å². The summed E-state index contributed by atoms with van der Waals surface area (Å²) in [5.41, 5.74) is 0.851. The van der Waals surface area contributed by atoms with Gasteiger partial charge in [-0.2, -0.15) is 5.26 Å². The summed E-state index contributed by atoms with van der Waals surface area (Å²) in [6.45, 7) is 2.31. The molecule has 0 saturated heterocycles. The van der Waals surface area contributed by atoms with Crippen molar-refractivity contribution in [1.29, 1.82) is 5.26 Å². The van der Waals surface area contributed by atoms with Crippen LogP contribution in [0.25, 0.3) is 6.08 Å². The molecule has 2 aromatic rings. The van der Waals surface area contributed by atoms with E-state index in [0.29, 0.717) is 28.6 Å². The van der Waals surface area contributed by atoms with Crippen LogP contribution < -0.4 is 10.1 Å². The summed E-state index contributed by atoms with van der Waals surface area (Å²) in [6.07, 6.45) is 1.41. The fourth-order valence-electron chi connectivity index (χ4n) is 1.96. The molecule has 0 aliphatic carbocycles. The Morgan fingerprint density at radius 3 is 2.67 bits per heavy atom. The molecule has 0 aliphatic rings. The third-order valence-electron chi connectivity index (χ3n) is 2.98. The van der Waals surface area contributed by atoms with Gasteiger partial charge < -0.3 is 10.1 Å². The first-order valence-electron chi connectivity index (χ1n) is 7.14. The van der Waals surface area contributed by atoms with Crippen molar-refractivity contribution in [1.82, 2.24) is 0 Å². The maximum atomic E-state index is 12.9. The molecule has 0 aliphatic heterocycles. The lowest BCUT2D eigenvalue weighted by Gasteiger charge is -2.06. The predicted octanol–water partition coefficient (Wildman–Crippen LogP) is 4.42. The smallest absolute Gasteiger partial charge is 0.266 e. The Bertz CT molecular complexity index is 811. The van der Waals surface area contributed by atoms with Crippen LogP contribution in [0.15, 0.2) is 48.0 Å². The summed E-state index contributed by atoms with van der Waals surface area (Å²) in [5, 5.41) is 12.2. The number of nitrogens with zero attached hydrogens (tertiary/aromatic N) is 1. The number of halogens is 2. The van der Waals surface area contributed by atoms with Gasteiger partial charge >= 0.3 is 0 Å². The molecule has 0 saturated carbocycles. The molecule has 0 radical (unpaired) electrons. The lowest BCUT2D eigenvalue weighted by molar-refractivity contribution is -0.112. The lowest BCUT2D eigenvalue weighted by atomic mass is 10.1. The van der Waals surface area contributed by atoms with Gasteiger partial charge in [0.1, 0.15) is 23.2 Å². The molecule has 0 aromatic heterocycles. The minimum absolute atomic E-state index is 0.107. The van der Waals surface area contributed by atoms with E-state index in [1.807, 2.05) is 13.0 Å². The SMILES string of the molecule is CCOc1cc(Cl)cc(/C=C(\C#N)C(=O)Nc2ccc(F)cc2)c1. The van der Waals surface area contributed by atoms with E-state index in [-0.39, 0.29) is 5.57 Å². The van der Waals surface area contributed by atoms with Crippen LogP contribution in [0.5, 0.6) is 5.75 Å². The first kappa shape index (κ1) is 17.5. The van der Waals surface area contributed by atoms with Crippen LogP contribution in [0, 0.1) is 17.1 Å². The number of carbonyl (C=O) groups excluding carboxylic acids is 1. The van der Waals surface area contributed by atoms with Gasteiger partial charge in [-0.1, -0.05) is 11.6 Å². The van der Waals surface area contributed by atoms with Crippen LogP contribution in [0.4, 0.5) is 10.1 Å². The van der Waals surface area contributed by atoms with Gasteiger partial charge in [-0.3, -0.25) is 4.79 Å².